The molecule has 17 heavy (non-hydrogen) atoms. The molecular weight excluding hydrogens is 218 g/mol. The van der Waals surface area contributed by atoms with Gasteiger partial charge in [-0.1, -0.05) is 12.1 Å². The second kappa shape index (κ2) is 3.78. The molecule has 2 heterocycles. The number of nitrogens with zero attached hydrogens (tertiary/aromatic N) is 1. The van der Waals surface area contributed by atoms with Crippen molar-refractivity contribution in [2.75, 3.05) is 7.11 Å². The number of nitrogens with one attached hydrogen (secondary N) is 2. The lowest BCUT2D eigenvalue weighted by Crippen LogP contribution is -2.14. The molecule has 0 saturated carbocycles. The van der Waals surface area contributed by atoms with E-state index in [4.69, 9.17) is 4.74 Å². The number of para-hydroxylation sites is 2. The maximum atomic E-state index is 11.7. The lowest BCUT2D eigenvalue weighted by Gasteiger charge is -2.10. The first-order chi connectivity index (χ1) is 8.31. The summed E-state index contributed by atoms with van der Waals surface area (Å²) in [5.41, 5.74) is 2.63. The summed E-state index contributed by atoms with van der Waals surface area (Å²) in [5.74, 6) is 0.744. The number of hydrogen-bond acceptors (Lipinski definition) is 3. The second-order valence-electron chi connectivity index (χ2n) is 3.98. The molecule has 0 aliphatic carbocycles. The number of hydrogen-bond donors (Lipinski definition) is 2. The van der Waals surface area contributed by atoms with Gasteiger partial charge in [0.05, 0.1) is 18.4 Å². The van der Waals surface area contributed by atoms with Crippen LogP contribution >= 0.6 is 0 Å². The van der Waals surface area contributed by atoms with Crippen molar-refractivity contribution in [1.82, 2.24) is 15.1 Å². The number of benzene rings is 1. The van der Waals surface area contributed by atoms with Gasteiger partial charge < -0.3 is 10.1 Å². The van der Waals surface area contributed by atoms with Gasteiger partial charge in [-0.2, -0.15) is 0 Å². The number of fused-ring (bicyclic) bond motifs is 1. The standard InChI is InChI=1S/C12H13N3O2/c1-17-11-5-3-2-4-9(11)15-10-7-13-6-8(10)12(16)14-15/h2-5,13H,6-7H2,1H3,(H,14,16). The van der Waals surface area contributed by atoms with Crippen LogP contribution in [0.2, 0.25) is 0 Å². The van der Waals surface area contributed by atoms with Gasteiger partial charge in [-0.05, 0) is 12.1 Å². The summed E-state index contributed by atoms with van der Waals surface area (Å²) in [7, 11) is 1.62. The number of rotatable bonds is 2. The predicted octanol–water partition coefficient (Wildman–Crippen LogP) is 0.777. The van der Waals surface area contributed by atoms with Gasteiger partial charge in [-0.25, -0.2) is 0 Å². The molecule has 0 spiro atoms. The van der Waals surface area contributed by atoms with Crippen LogP contribution in [0, 0.1) is 0 Å². The van der Waals surface area contributed by atoms with Crippen molar-refractivity contribution in [3.63, 3.8) is 0 Å². The lowest BCUT2D eigenvalue weighted by atomic mass is 10.2. The Balaban J connectivity index is 2.22. The summed E-state index contributed by atoms with van der Waals surface area (Å²) >= 11 is 0. The van der Waals surface area contributed by atoms with E-state index in [1.807, 2.05) is 24.3 Å². The zero-order chi connectivity index (χ0) is 11.8. The highest BCUT2D eigenvalue weighted by atomic mass is 16.5. The van der Waals surface area contributed by atoms with Crippen molar-refractivity contribution in [3.05, 3.63) is 45.9 Å². The molecule has 1 aliphatic heterocycles. The largest absolute Gasteiger partial charge is 0.494 e. The van der Waals surface area contributed by atoms with Crippen LogP contribution in [0.3, 0.4) is 0 Å². The molecule has 0 fully saturated rings. The Hall–Kier alpha value is -2.01. The SMILES string of the molecule is COc1ccccc1-n1[nH]c(=O)c2c1CNC2. The van der Waals surface area contributed by atoms with Crippen LogP contribution in [0.5, 0.6) is 5.75 Å². The summed E-state index contributed by atoms with van der Waals surface area (Å²) in [6.07, 6.45) is 0. The predicted molar refractivity (Wildman–Crippen MR) is 63.5 cm³/mol. The highest BCUT2D eigenvalue weighted by molar-refractivity contribution is 5.48. The van der Waals surface area contributed by atoms with E-state index in [0.717, 1.165) is 22.7 Å². The fraction of sp³-hybridized carbons (Fsp3) is 0.250. The number of methoxy groups -OCH3 is 1. The van der Waals surface area contributed by atoms with Crippen LogP contribution in [0.1, 0.15) is 11.3 Å². The Labute approximate surface area is 98.0 Å². The van der Waals surface area contributed by atoms with E-state index in [0.29, 0.717) is 13.1 Å². The monoisotopic (exact) mass is 231 g/mol. The van der Waals surface area contributed by atoms with Crippen LogP contribution in [-0.2, 0) is 13.1 Å². The molecule has 0 amide bonds. The molecule has 2 aromatic rings. The van der Waals surface area contributed by atoms with Gasteiger partial charge in [0.1, 0.15) is 11.4 Å². The van der Waals surface area contributed by atoms with Crippen molar-refractivity contribution >= 4 is 0 Å². The summed E-state index contributed by atoms with van der Waals surface area (Å²) in [4.78, 5) is 11.7. The Morgan fingerprint density at radius 2 is 2.12 bits per heavy atom. The zero-order valence-electron chi connectivity index (χ0n) is 9.49. The van der Waals surface area contributed by atoms with Crippen LogP contribution < -0.4 is 15.6 Å². The normalized spacial score (nSPS) is 13.7. The van der Waals surface area contributed by atoms with E-state index >= 15 is 0 Å². The van der Waals surface area contributed by atoms with Gasteiger partial charge in [0.15, 0.2) is 0 Å². The molecule has 1 aliphatic rings. The average molecular weight is 231 g/mol. The molecule has 1 aromatic carbocycles. The summed E-state index contributed by atoms with van der Waals surface area (Å²) in [5, 5.41) is 6.02. The van der Waals surface area contributed by atoms with Gasteiger partial charge in [0, 0.05) is 13.1 Å². The number of aromatic nitrogens is 2. The van der Waals surface area contributed by atoms with E-state index in [9.17, 15) is 4.79 Å². The first-order valence-electron chi connectivity index (χ1n) is 5.48. The fourth-order valence-electron chi connectivity index (χ4n) is 2.20. The molecular formula is C12H13N3O2. The molecule has 0 atom stereocenters. The van der Waals surface area contributed by atoms with Gasteiger partial charge in [0.25, 0.3) is 5.56 Å². The third-order valence-corrected chi connectivity index (χ3v) is 3.03. The maximum Gasteiger partial charge on any atom is 0.269 e. The highest BCUT2D eigenvalue weighted by Gasteiger charge is 2.21. The van der Waals surface area contributed by atoms with E-state index in [-0.39, 0.29) is 5.56 Å². The van der Waals surface area contributed by atoms with Crippen LogP contribution in [-0.4, -0.2) is 16.9 Å². The average Bonchev–Trinajstić information content (AvgIpc) is 2.94. The number of H-pyrrole nitrogens is 1. The minimum Gasteiger partial charge on any atom is -0.494 e. The van der Waals surface area contributed by atoms with Gasteiger partial charge in [-0.15, -0.1) is 0 Å². The first kappa shape index (κ1) is 10.2. The molecule has 2 N–H and O–H groups in total. The van der Waals surface area contributed by atoms with Crippen molar-refractivity contribution < 1.29 is 4.74 Å². The van der Waals surface area contributed by atoms with Crippen LogP contribution in [0.4, 0.5) is 0 Å². The quantitative estimate of drug-likeness (QED) is 0.803. The molecule has 0 saturated heterocycles. The molecule has 0 unspecified atom stereocenters. The minimum atomic E-state index is -0.0316. The van der Waals surface area contributed by atoms with Crippen molar-refractivity contribution in [3.8, 4) is 11.4 Å². The Morgan fingerprint density at radius 3 is 2.94 bits per heavy atom. The fourth-order valence-corrected chi connectivity index (χ4v) is 2.20. The van der Waals surface area contributed by atoms with Crippen LogP contribution in [0.25, 0.3) is 5.69 Å². The third-order valence-electron chi connectivity index (χ3n) is 3.03. The van der Waals surface area contributed by atoms with Gasteiger partial charge >= 0.3 is 0 Å². The smallest absolute Gasteiger partial charge is 0.269 e. The van der Waals surface area contributed by atoms with Crippen LogP contribution in [0.15, 0.2) is 29.1 Å². The molecule has 1 aromatic heterocycles. The van der Waals surface area contributed by atoms with Crippen molar-refractivity contribution in [2.45, 2.75) is 13.1 Å². The molecule has 88 valence electrons. The first-order valence-corrected chi connectivity index (χ1v) is 5.48. The highest BCUT2D eigenvalue weighted by Crippen LogP contribution is 2.24. The molecule has 0 bridgehead atoms. The molecule has 0 radical (unpaired) electrons. The van der Waals surface area contributed by atoms with E-state index in [2.05, 4.69) is 10.4 Å². The summed E-state index contributed by atoms with van der Waals surface area (Å²) < 4.78 is 7.11. The van der Waals surface area contributed by atoms with Crippen molar-refractivity contribution in [2.24, 2.45) is 0 Å². The van der Waals surface area contributed by atoms with E-state index < -0.39 is 0 Å². The van der Waals surface area contributed by atoms with E-state index in [1.54, 1.807) is 11.8 Å². The maximum absolute atomic E-state index is 11.7. The molecule has 3 rings (SSSR count). The molecule has 5 heteroatoms. The third kappa shape index (κ3) is 1.47. The topological polar surface area (TPSA) is 59.0 Å². The lowest BCUT2D eigenvalue weighted by molar-refractivity contribution is 0.411. The number of aromatic amines is 1. The molecule has 5 nitrogen and oxygen atoms in total. The van der Waals surface area contributed by atoms with Crippen molar-refractivity contribution in [1.29, 1.82) is 0 Å². The van der Waals surface area contributed by atoms with Gasteiger partial charge in [-0.3, -0.25) is 14.6 Å². The summed E-state index contributed by atoms with van der Waals surface area (Å²) in [6.45, 7) is 1.33. The zero-order valence-corrected chi connectivity index (χ0v) is 9.49. The Bertz CT molecular complexity index is 612. The second-order valence-corrected chi connectivity index (χ2v) is 3.98. The Kier molecular flexibility index (Phi) is 2.26. The van der Waals surface area contributed by atoms with E-state index in [1.165, 1.54) is 0 Å². The van der Waals surface area contributed by atoms with Gasteiger partial charge in [0.2, 0.25) is 0 Å². The summed E-state index contributed by atoms with van der Waals surface area (Å²) in [6, 6.07) is 7.63. The minimum absolute atomic E-state index is 0.0316. The number of ether oxygens (including phenoxy) is 1. The Morgan fingerprint density at radius 1 is 1.29 bits per heavy atom.